The summed E-state index contributed by atoms with van der Waals surface area (Å²) < 4.78 is 16.8. The molecule has 2 aromatic rings. The highest BCUT2D eigenvalue weighted by atomic mass is 16.5. The first-order chi connectivity index (χ1) is 14.5. The predicted octanol–water partition coefficient (Wildman–Crippen LogP) is 3.76. The lowest BCUT2D eigenvalue weighted by atomic mass is 9.95. The van der Waals surface area contributed by atoms with Gasteiger partial charge >= 0.3 is 0 Å². The summed E-state index contributed by atoms with van der Waals surface area (Å²) in [6.07, 6.45) is 1.99. The van der Waals surface area contributed by atoms with E-state index in [0.29, 0.717) is 33.0 Å². The molecule has 0 heterocycles. The third-order valence-corrected chi connectivity index (χ3v) is 4.57. The fourth-order valence-corrected chi connectivity index (χ4v) is 3.04. The van der Waals surface area contributed by atoms with Crippen molar-refractivity contribution in [3.63, 3.8) is 0 Å². The predicted molar refractivity (Wildman–Crippen MR) is 121 cm³/mol. The Kier molecular flexibility index (Phi) is 10.6. The minimum atomic E-state index is -0.610. The lowest BCUT2D eigenvalue weighted by Gasteiger charge is -2.28. The van der Waals surface area contributed by atoms with Gasteiger partial charge in [0.05, 0.1) is 26.4 Å². The van der Waals surface area contributed by atoms with Gasteiger partial charge in [0.25, 0.3) is 0 Å². The minimum Gasteiger partial charge on any atom is -0.490 e. The summed E-state index contributed by atoms with van der Waals surface area (Å²) in [5.74, 6) is 0.729. The molecular weight excluding hydrogens is 378 g/mol. The topological polar surface area (TPSA) is 60.0 Å². The van der Waals surface area contributed by atoms with Crippen LogP contribution >= 0.6 is 0 Å². The summed E-state index contributed by atoms with van der Waals surface area (Å²) in [7, 11) is 0. The van der Waals surface area contributed by atoms with Gasteiger partial charge in [0.15, 0.2) is 0 Å². The van der Waals surface area contributed by atoms with Crippen molar-refractivity contribution in [1.82, 2.24) is 5.32 Å². The fourth-order valence-electron chi connectivity index (χ4n) is 3.04. The van der Waals surface area contributed by atoms with E-state index in [1.807, 2.05) is 42.5 Å². The number of aliphatic hydroxyl groups excluding tert-OH is 1. The van der Waals surface area contributed by atoms with E-state index in [0.717, 1.165) is 17.7 Å². The number of hydrogen-bond donors (Lipinski definition) is 2. The molecule has 0 amide bonds. The second kappa shape index (κ2) is 13.2. The summed E-state index contributed by atoms with van der Waals surface area (Å²) in [6, 6.07) is 18.1. The van der Waals surface area contributed by atoms with Gasteiger partial charge in [-0.3, -0.25) is 0 Å². The third-order valence-electron chi connectivity index (χ3n) is 4.57. The Morgan fingerprint density at radius 2 is 1.73 bits per heavy atom. The molecule has 30 heavy (non-hydrogen) atoms. The van der Waals surface area contributed by atoms with Crippen LogP contribution in [0.4, 0.5) is 0 Å². The molecule has 5 heteroatoms. The van der Waals surface area contributed by atoms with Crippen molar-refractivity contribution in [2.24, 2.45) is 0 Å². The van der Waals surface area contributed by atoms with Gasteiger partial charge in [-0.25, -0.2) is 0 Å². The van der Waals surface area contributed by atoms with E-state index >= 15 is 0 Å². The van der Waals surface area contributed by atoms with Crippen LogP contribution in [0, 0.1) is 0 Å². The molecule has 2 N–H and O–H groups in total. The van der Waals surface area contributed by atoms with Gasteiger partial charge in [-0.1, -0.05) is 54.6 Å². The summed E-state index contributed by atoms with van der Waals surface area (Å²) in [5.41, 5.74) is 2.09. The summed E-state index contributed by atoms with van der Waals surface area (Å²) in [4.78, 5) is 0. The number of ether oxygens (including phenoxy) is 3. The van der Waals surface area contributed by atoms with E-state index in [1.165, 1.54) is 5.56 Å². The van der Waals surface area contributed by atoms with Crippen molar-refractivity contribution >= 4 is 0 Å². The van der Waals surface area contributed by atoms with Crippen molar-refractivity contribution < 1.29 is 19.3 Å². The largest absolute Gasteiger partial charge is 0.490 e. The first-order valence-electron chi connectivity index (χ1n) is 10.4. The number of benzene rings is 2. The van der Waals surface area contributed by atoms with Gasteiger partial charge in [-0.15, -0.1) is 6.58 Å². The fraction of sp³-hybridized carbons (Fsp3) is 0.440. The lowest BCUT2D eigenvalue weighted by Crippen LogP contribution is -2.46. The standard InChI is InChI=1S/C25H35NO4/c1-4-14-28-15-16-29-19-22-12-8-9-13-24(22)30-20-23(27)18-26-25(2,3)17-21-10-6-5-7-11-21/h4-13,23,26-27H,1,14-20H2,2-3H3. The van der Waals surface area contributed by atoms with Crippen molar-refractivity contribution in [2.45, 2.75) is 38.5 Å². The highest BCUT2D eigenvalue weighted by Gasteiger charge is 2.19. The van der Waals surface area contributed by atoms with Crippen LogP contribution in [-0.4, -0.2) is 49.7 Å². The SMILES string of the molecule is C=CCOCCOCc1ccccc1OCC(O)CNC(C)(C)Cc1ccccc1. The molecule has 2 rings (SSSR count). The molecule has 0 aliphatic rings. The maximum absolute atomic E-state index is 10.4. The molecule has 0 spiro atoms. The molecular formula is C25H35NO4. The Morgan fingerprint density at radius 1 is 1.03 bits per heavy atom. The van der Waals surface area contributed by atoms with Gasteiger partial charge in [0.1, 0.15) is 18.5 Å². The van der Waals surface area contributed by atoms with Crippen LogP contribution in [0.3, 0.4) is 0 Å². The van der Waals surface area contributed by atoms with Crippen LogP contribution in [0.1, 0.15) is 25.0 Å². The molecule has 0 fully saturated rings. The molecule has 164 valence electrons. The number of nitrogens with one attached hydrogen (secondary N) is 1. The highest BCUT2D eigenvalue weighted by molar-refractivity contribution is 5.32. The van der Waals surface area contributed by atoms with E-state index in [-0.39, 0.29) is 12.1 Å². The van der Waals surface area contributed by atoms with Crippen LogP contribution in [-0.2, 0) is 22.5 Å². The van der Waals surface area contributed by atoms with Crippen molar-refractivity contribution in [3.8, 4) is 5.75 Å². The molecule has 0 aliphatic carbocycles. The van der Waals surface area contributed by atoms with Crippen molar-refractivity contribution in [3.05, 3.63) is 78.4 Å². The second-order valence-electron chi connectivity index (χ2n) is 7.92. The molecule has 0 saturated heterocycles. The monoisotopic (exact) mass is 413 g/mol. The van der Waals surface area contributed by atoms with Gasteiger partial charge in [0, 0.05) is 17.6 Å². The number of β-amino-alcohol motifs (C(OH)–C–C–N with tert-alkyl or cyclic N) is 1. The average Bonchev–Trinajstić information content (AvgIpc) is 2.74. The van der Waals surface area contributed by atoms with Crippen LogP contribution in [0.25, 0.3) is 0 Å². The Labute approximate surface area is 180 Å². The normalized spacial score (nSPS) is 12.5. The molecule has 0 radical (unpaired) electrons. The molecule has 0 saturated carbocycles. The number of rotatable bonds is 15. The Hall–Kier alpha value is -2.18. The van der Waals surface area contributed by atoms with E-state index in [1.54, 1.807) is 6.08 Å². The van der Waals surface area contributed by atoms with Crippen LogP contribution in [0.2, 0.25) is 0 Å². The molecule has 5 nitrogen and oxygen atoms in total. The molecule has 1 unspecified atom stereocenters. The van der Waals surface area contributed by atoms with Crippen molar-refractivity contribution in [2.75, 3.05) is 33.0 Å². The third kappa shape index (κ3) is 9.55. The zero-order valence-electron chi connectivity index (χ0n) is 18.2. The lowest BCUT2D eigenvalue weighted by molar-refractivity contribution is 0.0484. The molecule has 0 aromatic heterocycles. The zero-order chi connectivity index (χ0) is 21.7. The van der Waals surface area contributed by atoms with Gasteiger partial charge in [-0.05, 0) is 31.9 Å². The second-order valence-corrected chi connectivity index (χ2v) is 7.92. The number of aliphatic hydroxyl groups is 1. The maximum atomic E-state index is 10.4. The number of hydrogen-bond acceptors (Lipinski definition) is 5. The van der Waals surface area contributed by atoms with E-state index in [4.69, 9.17) is 14.2 Å². The highest BCUT2D eigenvalue weighted by Crippen LogP contribution is 2.19. The van der Waals surface area contributed by atoms with Gasteiger partial charge < -0.3 is 24.6 Å². The van der Waals surface area contributed by atoms with Crippen LogP contribution in [0.15, 0.2) is 67.3 Å². The van der Waals surface area contributed by atoms with Crippen LogP contribution in [0.5, 0.6) is 5.75 Å². The first kappa shape index (κ1) is 24.1. The quantitative estimate of drug-likeness (QED) is 0.344. The minimum absolute atomic E-state index is 0.123. The summed E-state index contributed by atoms with van der Waals surface area (Å²) in [5, 5.41) is 13.8. The van der Waals surface area contributed by atoms with E-state index < -0.39 is 6.10 Å². The molecule has 2 aromatic carbocycles. The molecule has 0 bridgehead atoms. The van der Waals surface area contributed by atoms with Crippen molar-refractivity contribution in [1.29, 1.82) is 0 Å². The molecule has 1 atom stereocenters. The Morgan fingerprint density at radius 3 is 2.50 bits per heavy atom. The summed E-state index contributed by atoms with van der Waals surface area (Å²) in [6.45, 7) is 10.6. The van der Waals surface area contributed by atoms with Gasteiger partial charge in [0.2, 0.25) is 0 Å². The Bertz CT molecular complexity index is 733. The zero-order valence-corrected chi connectivity index (χ0v) is 18.2. The Balaban J connectivity index is 1.73. The average molecular weight is 414 g/mol. The van der Waals surface area contributed by atoms with E-state index in [9.17, 15) is 5.11 Å². The van der Waals surface area contributed by atoms with E-state index in [2.05, 4.69) is 37.9 Å². The number of para-hydroxylation sites is 1. The summed E-state index contributed by atoms with van der Waals surface area (Å²) >= 11 is 0. The maximum Gasteiger partial charge on any atom is 0.124 e. The first-order valence-corrected chi connectivity index (χ1v) is 10.4. The van der Waals surface area contributed by atoms with Crippen LogP contribution < -0.4 is 10.1 Å². The molecule has 0 aliphatic heterocycles. The smallest absolute Gasteiger partial charge is 0.124 e. The van der Waals surface area contributed by atoms with Gasteiger partial charge in [-0.2, -0.15) is 0 Å².